The van der Waals surface area contributed by atoms with Crippen molar-refractivity contribution in [3.8, 4) is 5.75 Å². The first kappa shape index (κ1) is 16.7. The fourth-order valence-electron chi connectivity index (χ4n) is 2.54. The molecule has 0 aliphatic carbocycles. The van der Waals surface area contributed by atoms with E-state index in [2.05, 4.69) is 0 Å². The average molecular weight is 355 g/mol. The molecule has 0 unspecified atom stereocenters. The minimum absolute atomic E-state index is 0.0819. The predicted octanol–water partition coefficient (Wildman–Crippen LogP) is 4.72. The van der Waals surface area contributed by atoms with Crippen LogP contribution < -0.4 is 9.64 Å². The molecule has 122 valence electrons. The van der Waals surface area contributed by atoms with Gasteiger partial charge >= 0.3 is 0 Å². The van der Waals surface area contributed by atoms with E-state index >= 15 is 0 Å². The SMILES string of the molecule is COc1cccc(/C=C2\SC(=S)N(c3cccc(C)c3C)C2=O)c1. The summed E-state index contributed by atoms with van der Waals surface area (Å²) >= 11 is 6.77. The standard InChI is InChI=1S/C19H17NO2S2/c1-12-6-4-9-16(13(12)2)20-18(21)17(24-19(20)23)11-14-7-5-8-15(10-14)22-3/h4-11H,1-3H3/b17-11-. The van der Waals surface area contributed by atoms with Crippen molar-refractivity contribution in [1.82, 2.24) is 0 Å². The molecule has 0 N–H and O–H groups in total. The number of hydrogen-bond acceptors (Lipinski definition) is 4. The first-order valence-corrected chi connectivity index (χ1v) is 8.72. The van der Waals surface area contributed by atoms with Gasteiger partial charge in [-0.1, -0.05) is 48.2 Å². The number of rotatable bonds is 3. The van der Waals surface area contributed by atoms with E-state index in [0.717, 1.165) is 28.1 Å². The maximum atomic E-state index is 12.9. The van der Waals surface area contributed by atoms with Crippen molar-refractivity contribution >= 4 is 46.0 Å². The highest BCUT2D eigenvalue weighted by molar-refractivity contribution is 8.27. The number of anilines is 1. The van der Waals surface area contributed by atoms with E-state index in [9.17, 15) is 4.79 Å². The number of thioether (sulfide) groups is 1. The highest BCUT2D eigenvalue weighted by Gasteiger charge is 2.34. The largest absolute Gasteiger partial charge is 0.497 e. The Labute approximate surface area is 151 Å². The van der Waals surface area contributed by atoms with Crippen LogP contribution in [0.4, 0.5) is 5.69 Å². The highest BCUT2D eigenvalue weighted by atomic mass is 32.2. The van der Waals surface area contributed by atoms with E-state index in [4.69, 9.17) is 17.0 Å². The molecule has 3 nitrogen and oxygen atoms in total. The van der Waals surface area contributed by atoms with Crippen LogP contribution >= 0.6 is 24.0 Å². The van der Waals surface area contributed by atoms with Crippen LogP contribution in [-0.2, 0) is 4.79 Å². The zero-order valence-electron chi connectivity index (χ0n) is 13.7. The summed E-state index contributed by atoms with van der Waals surface area (Å²) in [5.74, 6) is 0.676. The minimum atomic E-state index is -0.0819. The minimum Gasteiger partial charge on any atom is -0.497 e. The number of nitrogens with zero attached hydrogens (tertiary/aromatic N) is 1. The molecule has 0 radical (unpaired) electrons. The number of benzene rings is 2. The summed E-state index contributed by atoms with van der Waals surface area (Å²) in [5.41, 5.74) is 3.97. The lowest BCUT2D eigenvalue weighted by molar-refractivity contribution is -0.113. The van der Waals surface area contributed by atoms with Gasteiger partial charge in [-0.3, -0.25) is 9.69 Å². The summed E-state index contributed by atoms with van der Waals surface area (Å²) in [6.45, 7) is 4.04. The van der Waals surface area contributed by atoms with Crippen LogP contribution in [0, 0.1) is 13.8 Å². The quantitative estimate of drug-likeness (QED) is 0.589. The van der Waals surface area contributed by atoms with Gasteiger partial charge in [0.15, 0.2) is 4.32 Å². The number of ether oxygens (including phenoxy) is 1. The molecule has 1 fully saturated rings. The van der Waals surface area contributed by atoms with E-state index in [-0.39, 0.29) is 5.91 Å². The maximum absolute atomic E-state index is 12.9. The Morgan fingerprint density at radius 1 is 1.17 bits per heavy atom. The van der Waals surface area contributed by atoms with Crippen molar-refractivity contribution < 1.29 is 9.53 Å². The van der Waals surface area contributed by atoms with Crippen molar-refractivity contribution in [2.45, 2.75) is 13.8 Å². The van der Waals surface area contributed by atoms with Crippen molar-refractivity contribution in [1.29, 1.82) is 0 Å². The van der Waals surface area contributed by atoms with E-state index in [1.165, 1.54) is 11.8 Å². The van der Waals surface area contributed by atoms with Crippen LogP contribution in [0.5, 0.6) is 5.75 Å². The van der Waals surface area contributed by atoms with Crippen LogP contribution in [0.3, 0.4) is 0 Å². The second-order valence-corrected chi connectivity index (χ2v) is 7.19. The Morgan fingerprint density at radius 3 is 2.67 bits per heavy atom. The lowest BCUT2D eigenvalue weighted by Gasteiger charge is -2.18. The molecule has 0 atom stereocenters. The Morgan fingerprint density at radius 2 is 1.92 bits per heavy atom. The van der Waals surface area contributed by atoms with Crippen molar-refractivity contribution in [3.05, 3.63) is 64.1 Å². The van der Waals surface area contributed by atoms with Crippen LogP contribution in [0.25, 0.3) is 6.08 Å². The van der Waals surface area contributed by atoms with Gasteiger partial charge in [-0.05, 0) is 54.8 Å². The van der Waals surface area contributed by atoms with E-state index in [1.807, 2.05) is 62.4 Å². The Kier molecular flexibility index (Phi) is 4.73. The zero-order chi connectivity index (χ0) is 17.3. The van der Waals surface area contributed by atoms with Gasteiger partial charge in [0.2, 0.25) is 0 Å². The summed E-state index contributed by atoms with van der Waals surface area (Å²) in [6.07, 6.45) is 1.85. The Hall–Kier alpha value is -2.11. The normalized spacial score (nSPS) is 16.1. The number of carbonyl (C=O) groups excluding carboxylic acids is 1. The second kappa shape index (κ2) is 6.79. The summed E-state index contributed by atoms with van der Waals surface area (Å²) in [5, 5.41) is 0. The van der Waals surface area contributed by atoms with Gasteiger partial charge in [0, 0.05) is 0 Å². The molecule has 2 aromatic carbocycles. The first-order valence-electron chi connectivity index (χ1n) is 7.49. The third kappa shape index (κ3) is 3.09. The van der Waals surface area contributed by atoms with E-state index < -0.39 is 0 Å². The fourth-order valence-corrected chi connectivity index (χ4v) is 3.82. The van der Waals surface area contributed by atoms with Gasteiger partial charge < -0.3 is 4.74 Å². The second-order valence-electron chi connectivity index (χ2n) is 5.51. The molecule has 5 heteroatoms. The smallest absolute Gasteiger partial charge is 0.270 e. The third-order valence-electron chi connectivity index (χ3n) is 4.00. The van der Waals surface area contributed by atoms with Crippen LogP contribution in [0.1, 0.15) is 16.7 Å². The van der Waals surface area contributed by atoms with Gasteiger partial charge in [0.25, 0.3) is 5.91 Å². The molecular weight excluding hydrogens is 338 g/mol. The number of carbonyl (C=O) groups is 1. The molecule has 0 aromatic heterocycles. The van der Waals surface area contributed by atoms with Crippen LogP contribution in [-0.4, -0.2) is 17.3 Å². The molecule has 0 saturated carbocycles. The molecule has 2 aromatic rings. The van der Waals surface area contributed by atoms with Crippen LogP contribution in [0.2, 0.25) is 0 Å². The zero-order valence-corrected chi connectivity index (χ0v) is 15.3. The number of hydrogen-bond donors (Lipinski definition) is 0. The van der Waals surface area contributed by atoms with E-state index in [1.54, 1.807) is 12.0 Å². The summed E-state index contributed by atoms with van der Waals surface area (Å²) in [6, 6.07) is 13.5. The summed E-state index contributed by atoms with van der Waals surface area (Å²) < 4.78 is 5.79. The fraction of sp³-hybridized carbons (Fsp3) is 0.158. The lowest BCUT2D eigenvalue weighted by atomic mass is 10.1. The molecule has 1 saturated heterocycles. The molecule has 0 spiro atoms. The number of methoxy groups -OCH3 is 1. The Balaban J connectivity index is 1.97. The van der Waals surface area contributed by atoms with Crippen molar-refractivity contribution in [3.63, 3.8) is 0 Å². The van der Waals surface area contributed by atoms with Gasteiger partial charge in [-0.2, -0.15) is 0 Å². The molecule has 1 aliphatic rings. The lowest BCUT2D eigenvalue weighted by Crippen LogP contribution is -2.28. The molecule has 1 amide bonds. The first-order chi connectivity index (χ1) is 11.5. The summed E-state index contributed by atoms with van der Waals surface area (Å²) in [7, 11) is 1.62. The summed E-state index contributed by atoms with van der Waals surface area (Å²) in [4.78, 5) is 15.1. The predicted molar refractivity (Wildman–Crippen MR) is 105 cm³/mol. The van der Waals surface area contributed by atoms with Gasteiger partial charge in [0.1, 0.15) is 5.75 Å². The molecule has 1 aliphatic heterocycles. The molecule has 3 rings (SSSR count). The van der Waals surface area contributed by atoms with Gasteiger partial charge in [-0.25, -0.2) is 0 Å². The van der Waals surface area contributed by atoms with Gasteiger partial charge in [0.05, 0.1) is 17.7 Å². The number of aryl methyl sites for hydroxylation is 1. The molecular formula is C19H17NO2S2. The molecule has 1 heterocycles. The molecule has 24 heavy (non-hydrogen) atoms. The monoisotopic (exact) mass is 355 g/mol. The average Bonchev–Trinajstić information content (AvgIpc) is 2.84. The topological polar surface area (TPSA) is 29.5 Å². The number of amides is 1. The molecule has 0 bridgehead atoms. The van der Waals surface area contributed by atoms with Crippen molar-refractivity contribution in [2.75, 3.05) is 12.0 Å². The van der Waals surface area contributed by atoms with Gasteiger partial charge in [-0.15, -0.1) is 0 Å². The third-order valence-corrected chi connectivity index (χ3v) is 5.30. The number of thiocarbonyl (C=S) groups is 1. The van der Waals surface area contributed by atoms with E-state index in [0.29, 0.717) is 9.23 Å². The highest BCUT2D eigenvalue weighted by Crippen LogP contribution is 2.38. The van der Waals surface area contributed by atoms with Crippen LogP contribution in [0.15, 0.2) is 47.4 Å². The van der Waals surface area contributed by atoms with Crippen molar-refractivity contribution in [2.24, 2.45) is 0 Å². The Bertz CT molecular complexity index is 858. The maximum Gasteiger partial charge on any atom is 0.270 e.